The Morgan fingerprint density at radius 3 is 0.879 bits per heavy atom. The summed E-state index contributed by atoms with van der Waals surface area (Å²) in [5.74, 6) is 2.76. The van der Waals surface area contributed by atoms with Gasteiger partial charge in [-0.05, 0) is 166 Å². The molecule has 14 nitrogen and oxygen atoms in total. The summed E-state index contributed by atoms with van der Waals surface area (Å²) in [5.41, 5.74) is 22.0. The average Bonchev–Trinajstić information content (AvgIpc) is 1.59. The van der Waals surface area contributed by atoms with Gasteiger partial charge in [-0.1, -0.05) is 267 Å². The van der Waals surface area contributed by atoms with E-state index in [4.69, 9.17) is 34.9 Å². The van der Waals surface area contributed by atoms with Crippen LogP contribution < -0.4 is 0 Å². The van der Waals surface area contributed by atoms with Gasteiger partial charge in [-0.25, -0.2) is 9.97 Å². The van der Waals surface area contributed by atoms with Crippen molar-refractivity contribution in [1.29, 1.82) is 0 Å². The zero-order valence-corrected chi connectivity index (χ0v) is 71.0. The highest BCUT2D eigenvalue weighted by Gasteiger charge is 2.27. The van der Waals surface area contributed by atoms with E-state index < -0.39 is 0 Å². The van der Waals surface area contributed by atoms with E-state index in [0.717, 1.165) is 127 Å². The summed E-state index contributed by atoms with van der Waals surface area (Å²) in [4.78, 5) is 47.4. The molecule has 0 N–H and O–H groups in total. The average molecular weight is 1690 g/mol. The predicted octanol–water partition coefficient (Wildman–Crippen LogP) is 29.0. The number of nitrogens with zero attached hydrogens (tertiary/aromatic N) is 14. The third kappa shape index (κ3) is 12.6. The van der Waals surface area contributed by atoms with Crippen molar-refractivity contribution in [2.45, 2.75) is 0 Å². The first-order valence-electron chi connectivity index (χ1n) is 44.1. The second-order valence-corrected chi connectivity index (χ2v) is 32.9. The summed E-state index contributed by atoms with van der Waals surface area (Å²) >= 11 is 0. The topological polar surface area (TPSA) is 149 Å². The third-order valence-corrected chi connectivity index (χ3v) is 25.5. The second-order valence-electron chi connectivity index (χ2n) is 32.9. The molecule has 16 aromatic carbocycles. The normalized spacial score (nSPS) is 11.6. The van der Waals surface area contributed by atoms with Crippen molar-refractivity contribution in [3.63, 3.8) is 0 Å². The number of hydrogen-bond donors (Lipinski definition) is 0. The Morgan fingerprint density at radius 1 is 0.174 bits per heavy atom. The number of rotatable bonds is 8. The van der Waals surface area contributed by atoms with E-state index in [-0.39, 0.29) is 0 Å². The van der Waals surface area contributed by atoms with Gasteiger partial charge in [-0.15, -0.1) is 0 Å². The lowest BCUT2D eigenvalue weighted by atomic mass is 9.99. The fourth-order valence-electron chi connectivity index (χ4n) is 20.0. The zero-order chi connectivity index (χ0) is 87.1. The quantitative estimate of drug-likeness (QED) is 0.135. The van der Waals surface area contributed by atoms with Gasteiger partial charge < -0.3 is 9.13 Å². The van der Waals surface area contributed by atoms with E-state index >= 15 is 0 Å². The summed E-state index contributed by atoms with van der Waals surface area (Å²) in [7, 11) is 0. The largest absolute Gasteiger partial charge is 0.309 e. The maximum absolute atomic E-state index is 5.08. The van der Waals surface area contributed by atoms with Crippen LogP contribution in [0.3, 0.4) is 0 Å². The first-order chi connectivity index (χ1) is 65.6. The number of para-hydroxylation sites is 4. The summed E-state index contributed by atoms with van der Waals surface area (Å²) in [6.45, 7) is 0. The molecular formula is C118H74N14. The fraction of sp³-hybridized carbons (Fsp3) is 0. The minimum atomic E-state index is 0.578. The van der Waals surface area contributed by atoms with Gasteiger partial charge in [0.15, 0.2) is 11.6 Å². The summed E-state index contributed by atoms with van der Waals surface area (Å²) in [6.07, 6.45) is 16.8. The zero-order valence-electron chi connectivity index (χ0n) is 71.0. The highest BCUT2D eigenvalue weighted by molar-refractivity contribution is 6.35. The van der Waals surface area contributed by atoms with Gasteiger partial charge in [0.05, 0.1) is 66.2 Å². The van der Waals surface area contributed by atoms with Crippen molar-refractivity contribution in [1.82, 2.24) is 68.1 Å². The van der Waals surface area contributed by atoms with Crippen molar-refractivity contribution < 1.29 is 0 Å². The highest BCUT2D eigenvalue weighted by Crippen LogP contribution is 2.48. The summed E-state index contributed by atoms with van der Waals surface area (Å²) in [5, 5.41) is 23.9. The number of fused-ring (bicyclic) bond motifs is 32. The molecule has 12 heterocycles. The molecule has 0 saturated carbocycles. The molecule has 0 bridgehead atoms. The van der Waals surface area contributed by atoms with Crippen LogP contribution in [0.5, 0.6) is 0 Å². The molecule has 0 aliphatic carbocycles. The minimum absolute atomic E-state index is 0.578. The summed E-state index contributed by atoms with van der Waals surface area (Å²) < 4.78 is 9.23. The summed E-state index contributed by atoms with van der Waals surface area (Å²) in [6, 6.07) is 137. The fourth-order valence-corrected chi connectivity index (χ4v) is 20.0. The molecule has 12 aromatic heterocycles. The van der Waals surface area contributed by atoms with E-state index in [0.29, 0.717) is 17.6 Å². The smallest absolute Gasteiger partial charge is 0.238 e. The molecule has 0 radical (unpaired) electrons. The Kier molecular flexibility index (Phi) is 18.5. The molecule has 0 atom stereocenters. The first kappa shape index (κ1) is 76.3. The van der Waals surface area contributed by atoms with E-state index in [9.17, 15) is 0 Å². The van der Waals surface area contributed by atoms with Crippen LogP contribution in [0, 0.1) is 0 Å². The molecule has 0 aliphatic rings. The van der Waals surface area contributed by atoms with Crippen LogP contribution in [0.15, 0.2) is 450 Å². The van der Waals surface area contributed by atoms with Gasteiger partial charge in [0.1, 0.15) is 5.82 Å². The Balaban J connectivity index is 0.0000000952. The maximum atomic E-state index is 5.08. The SMILES string of the molecule is c1cc(-c2ccncc2)cc(-n2c3ccccc3c3c4ccccc4c4ncccc4c32)c1.c1ccc(-c2nc(-c3ccccc3)nc(-n3c4ccccc4c4c5ccccc5c5ncccc5c43)n2)cc1.c1ccc(-n2c3ccccc3c3c4ccccc4c4ncccc4c32)nc1.c1cncc(-c2cccc(-n3c4ccccc4c4c5ccccc5c5ncccc5c43)c2)c1. The lowest BCUT2D eigenvalue weighted by Crippen LogP contribution is -2.06. The monoisotopic (exact) mass is 1690 g/mol. The first-order valence-corrected chi connectivity index (χ1v) is 44.1. The standard InChI is InChI=1S/C34H21N5.2C30H19N3.C24H15N3/c1-3-12-22(13-4-1)32-36-33(23-14-5-2-6-15-23)38-34(37-32)39-28-20-10-9-18-26(28)29-24-16-7-8-17-25(24)30-27(31(29)39)19-11-21-35-30;1-2-12-24-23(11-1)28-25-13-3-4-15-27(25)33(30(28)26-14-7-17-32-29(24)26)22-10-5-8-20(18-22)21-9-6-16-31-19-21;1-2-10-24-23(9-1)28-25-11-3-4-13-27(25)33(30(28)26-12-6-16-32-29(24)26)22-8-5-7-21(19-22)20-14-17-31-18-15-20;1-2-9-17-16(8-1)22-18-10-3-4-12-20(18)27(21-13-5-6-14-25-21)24(22)19-11-7-15-26-23(17)19/h1-21H;2*1-19H;1-15H. The molecule has 616 valence electrons. The predicted molar refractivity (Wildman–Crippen MR) is 543 cm³/mol. The van der Waals surface area contributed by atoms with Gasteiger partial charge in [0, 0.05) is 170 Å². The number of benzene rings is 16. The van der Waals surface area contributed by atoms with Crippen molar-refractivity contribution in [2.24, 2.45) is 0 Å². The van der Waals surface area contributed by atoms with Crippen LogP contribution in [0.25, 0.3) is 242 Å². The van der Waals surface area contributed by atoms with Gasteiger partial charge in [-0.3, -0.25) is 39.0 Å². The van der Waals surface area contributed by atoms with Gasteiger partial charge in [-0.2, -0.15) is 9.97 Å². The van der Waals surface area contributed by atoms with Gasteiger partial charge >= 0.3 is 0 Å². The number of pyridine rings is 7. The lowest BCUT2D eigenvalue weighted by molar-refractivity contribution is 0.955. The molecule has 0 fully saturated rings. The molecule has 0 spiro atoms. The van der Waals surface area contributed by atoms with Crippen LogP contribution >= 0.6 is 0 Å². The lowest BCUT2D eigenvalue weighted by Gasteiger charge is -2.13. The van der Waals surface area contributed by atoms with Crippen LogP contribution in [0.1, 0.15) is 0 Å². The van der Waals surface area contributed by atoms with E-state index in [2.05, 4.69) is 324 Å². The second kappa shape index (κ2) is 32.1. The van der Waals surface area contributed by atoms with Crippen molar-refractivity contribution in [3.05, 3.63) is 450 Å². The van der Waals surface area contributed by atoms with Crippen LogP contribution in [-0.4, -0.2) is 68.1 Å². The molecule has 132 heavy (non-hydrogen) atoms. The number of hydrogen-bond acceptors (Lipinski definition) is 10. The van der Waals surface area contributed by atoms with E-state index in [1.807, 2.05) is 159 Å². The van der Waals surface area contributed by atoms with Gasteiger partial charge in [0.25, 0.3) is 0 Å². The molecule has 28 rings (SSSR count). The Morgan fingerprint density at radius 2 is 0.485 bits per heavy atom. The molecule has 0 amide bonds. The van der Waals surface area contributed by atoms with Crippen LogP contribution in [-0.2, 0) is 0 Å². The maximum Gasteiger partial charge on any atom is 0.238 e. The van der Waals surface area contributed by atoms with E-state index in [1.54, 1.807) is 0 Å². The van der Waals surface area contributed by atoms with Crippen LogP contribution in [0.4, 0.5) is 0 Å². The minimum Gasteiger partial charge on any atom is -0.309 e. The molecule has 0 unspecified atom stereocenters. The van der Waals surface area contributed by atoms with Crippen LogP contribution in [0.2, 0.25) is 0 Å². The Bertz CT molecular complexity index is 9100. The highest BCUT2D eigenvalue weighted by atomic mass is 15.2. The molecule has 28 aromatic rings. The molecule has 14 heteroatoms. The van der Waals surface area contributed by atoms with Crippen molar-refractivity contribution in [2.75, 3.05) is 0 Å². The third-order valence-electron chi connectivity index (χ3n) is 25.5. The molecule has 0 saturated heterocycles. The number of aromatic nitrogens is 14. The molecular weight excluding hydrogens is 1610 g/mol. The van der Waals surface area contributed by atoms with Gasteiger partial charge in [0.2, 0.25) is 5.95 Å². The van der Waals surface area contributed by atoms with E-state index in [1.165, 1.54) is 97.7 Å². The Hall–Kier alpha value is -18.1. The van der Waals surface area contributed by atoms with Crippen molar-refractivity contribution in [3.8, 4) is 68.2 Å². The Labute approximate surface area is 755 Å². The van der Waals surface area contributed by atoms with Crippen molar-refractivity contribution >= 4 is 174 Å². The molecule has 0 aliphatic heterocycles.